The molecule has 21 heavy (non-hydrogen) atoms. The van der Waals surface area contributed by atoms with Crippen LogP contribution in [0.5, 0.6) is 11.5 Å². The molecule has 0 bridgehead atoms. The highest BCUT2D eigenvalue weighted by atomic mass is 79.9. The number of aryl methyl sites for hydroxylation is 1. The molecule has 3 rings (SSSR count). The lowest BCUT2D eigenvalue weighted by molar-refractivity contribution is 0.174. The van der Waals surface area contributed by atoms with Crippen LogP contribution in [-0.4, -0.2) is 16.3 Å². The number of rotatable bonds is 4. The lowest BCUT2D eigenvalue weighted by atomic mass is 10.2. The minimum atomic E-state index is 0.247. The second-order valence-corrected chi connectivity index (χ2v) is 6.65. The number of aromatic nitrogens is 2. The SMILES string of the molecule is CCCc1nc(Br)c(Br)n1Cc1cc2c(cc1Cl)OCO2. The van der Waals surface area contributed by atoms with Gasteiger partial charge in [0.2, 0.25) is 6.79 Å². The van der Waals surface area contributed by atoms with Crippen molar-refractivity contribution in [1.29, 1.82) is 0 Å². The number of halogens is 3. The van der Waals surface area contributed by atoms with Crippen LogP contribution in [0.1, 0.15) is 24.7 Å². The molecular weight excluding hydrogens is 423 g/mol. The summed E-state index contributed by atoms with van der Waals surface area (Å²) in [5.74, 6) is 2.45. The molecule has 1 aromatic heterocycles. The standard InChI is InChI=1S/C14H13Br2ClN2O2/c1-2-3-12-18-13(15)14(16)19(12)6-8-4-10-11(5-9(8)17)21-7-20-10/h4-5H,2-3,6-7H2,1H3. The zero-order chi connectivity index (χ0) is 15.0. The highest BCUT2D eigenvalue weighted by Crippen LogP contribution is 2.37. The Morgan fingerprint density at radius 1 is 1.29 bits per heavy atom. The summed E-state index contributed by atoms with van der Waals surface area (Å²) in [7, 11) is 0. The highest BCUT2D eigenvalue weighted by Gasteiger charge is 2.19. The van der Waals surface area contributed by atoms with E-state index in [0.717, 1.165) is 39.2 Å². The van der Waals surface area contributed by atoms with Crippen LogP contribution in [0.2, 0.25) is 5.02 Å². The van der Waals surface area contributed by atoms with Crippen LogP contribution in [0, 0.1) is 0 Å². The van der Waals surface area contributed by atoms with Gasteiger partial charge in [-0.1, -0.05) is 18.5 Å². The van der Waals surface area contributed by atoms with Crippen molar-refractivity contribution in [3.05, 3.63) is 37.7 Å². The van der Waals surface area contributed by atoms with E-state index in [0.29, 0.717) is 17.3 Å². The van der Waals surface area contributed by atoms with Gasteiger partial charge in [-0.3, -0.25) is 0 Å². The molecule has 0 fully saturated rings. The van der Waals surface area contributed by atoms with Crippen molar-refractivity contribution in [2.24, 2.45) is 0 Å². The van der Waals surface area contributed by atoms with E-state index in [1.54, 1.807) is 6.07 Å². The number of fused-ring (bicyclic) bond motifs is 1. The summed E-state index contributed by atoms with van der Waals surface area (Å²) in [4.78, 5) is 4.53. The van der Waals surface area contributed by atoms with Crippen LogP contribution in [0.25, 0.3) is 0 Å². The van der Waals surface area contributed by atoms with Gasteiger partial charge in [0, 0.05) is 17.5 Å². The van der Waals surface area contributed by atoms with E-state index in [1.807, 2.05) is 6.07 Å². The van der Waals surface area contributed by atoms with Gasteiger partial charge in [-0.25, -0.2) is 4.98 Å². The fourth-order valence-corrected chi connectivity index (χ4v) is 3.32. The van der Waals surface area contributed by atoms with Crippen LogP contribution >= 0.6 is 43.5 Å². The van der Waals surface area contributed by atoms with E-state index in [2.05, 4.69) is 48.3 Å². The monoisotopic (exact) mass is 434 g/mol. The third-order valence-electron chi connectivity index (χ3n) is 3.29. The van der Waals surface area contributed by atoms with Gasteiger partial charge in [0.25, 0.3) is 0 Å². The van der Waals surface area contributed by atoms with E-state index in [9.17, 15) is 0 Å². The molecule has 0 unspecified atom stereocenters. The molecule has 1 aliphatic rings. The topological polar surface area (TPSA) is 36.3 Å². The summed E-state index contributed by atoms with van der Waals surface area (Å²) in [6, 6.07) is 3.74. The number of benzene rings is 1. The smallest absolute Gasteiger partial charge is 0.231 e. The van der Waals surface area contributed by atoms with Gasteiger partial charge in [-0.2, -0.15) is 0 Å². The molecule has 1 aliphatic heterocycles. The summed E-state index contributed by atoms with van der Waals surface area (Å²) in [5.41, 5.74) is 0.976. The Hall–Kier alpha value is -0.720. The van der Waals surface area contributed by atoms with Crippen molar-refractivity contribution in [1.82, 2.24) is 9.55 Å². The van der Waals surface area contributed by atoms with Gasteiger partial charge < -0.3 is 14.0 Å². The van der Waals surface area contributed by atoms with Crippen molar-refractivity contribution in [3.63, 3.8) is 0 Å². The Kier molecular flexibility index (Phi) is 4.47. The molecule has 7 heteroatoms. The van der Waals surface area contributed by atoms with Crippen LogP contribution < -0.4 is 9.47 Å². The Morgan fingerprint density at radius 2 is 2.00 bits per heavy atom. The van der Waals surface area contributed by atoms with Gasteiger partial charge in [0.1, 0.15) is 15.0 Å². The molecule has 0 saturated heterocycles. The largest absolute Gasteiger partial charge is 0.454 e. The molecule has 4 nitrogen and oxygen atoms in total. The summed E-state index contributed by atoms with van der Waals surface area (Å²) < 4.78 is 14.6. The van der Waals surface area contributed by atoms with E-state index in [1.165, 1.54) is 0 Å². The number of hydrogen-bond acceptors (Lipinski definition) is 3. The van der Waals surface area contributed by atoms with Crippen LogP contribution in [0.4, 0.5) is 0 Å². The van der Waals surface area contributed by atoms with Crippen LogP contribution in [-0.2, 0) is 13.0 Å². The first-order valence-corrected chi connectivity index (χ1v) is 8.55. The van der Waals surface area contributed by atoms with Gasteiger partial charge >= 0.3 is 0 Å². The average Bonchev–Trinajstić information content (AvgIpc) is 2.99. The van der Waals surface area contributed by atoms with Crippen molar-refractivity contribution in [2.75, 3.05) is 6.79 Å². The van der Waals surface area contributed by atoms with Gasteiger partial charge in [0.15, 0.2) is 11.5 Å². The van der Waals surface area contributed by atoms with E-state index < -0.39 is 0 Å². The molecule has 0 saturated carbocycles. The average molecular weight is 437 g/mol. The molecule has 0 N–H and O–H groups in total. The maximum Gasteiger partial charge on any atom is 0.231 e. The predicted molar refractivity (Wildman–Crippen MR) is 88.3 cm³/mol. The second-order valence-electron chi connectivity index (χ2n) is 4.74. The molecule has 0 spiro atoms. The molecule has 2 aromatic rings. The molecular formula is C14H13Br2ClN2O2. The number of nitrogens with zero attached hydrogens (tertiary/aromatic N) is 2. The predicted octanol–water partition coefficient (Wildman–Crippen LogP) is 4.79. The van der Waals surface area contributed by atoms with Crippen molar-refractivity contribution >= 4 is 43.5 Å². The Morgan fingerprint density at radius 3 is 2.71 bits per heavy atom. The molecule has 1 aromatic carbocycles. The van der Waals surface area contributed by atoms with Crippen LogP contribution in [0.3, 0.4) is 0 Å². The first-order valence-electron chi connectivity index (χ1n) is 6.58. The summed E-state index contributed by atoms with van der Waals surface area (Å²) in [6.45, 7) is 3.01. The Labute approximate surface area is 144 Å². The summed E-state index contributed by atoms with van der Waals surface area (Å²) in [6.07, 6.45) is 1.94. The van der Waals surface area contributed by atoms with Crippen molar-refractivity contribution < 1.29 is 9.47 Å². The normalized spacial score (nSPS) is 13.0. The summed E-state index contributed by atoms with van der Waals surface area (Å²) in [5, 5.41) is 0.665. The van der Waals surface area contributed by atoms with Gasteiger partial charge in [-0.05, 0) is 49.9 Å². The Bertz CT molecular complexity index is 688. The summed E-state index contributed by atoms with van der Waals surface area (Å²) >= 11 is 13.4. The zero-order valence-corrected chi connectivity index (χ0v) is 15.3. The maximum atomic E-state index is 6.35. The van der Waals surface area contributed by atoms with Crippen molar-refractivity contribution in [2.45, 2.75) is 26.3 Å². The fourth-order valence-electron chi connectivity index (χ4n) is 2.27. The second kappa shape index (κ2) is 6.18. The zero-order valence-electron chi connectivity index (χ0n) is 11.3. The lowest BCUT2D eigenvalue weighted by Gasteiger charge is -2.11. The molecule has 0 amide bonds. The van der Waals surface area contributed by atoms with Gasteiger partial charge in [0.05, 0.1) is 6.54 Å². The fraction of sp³-hybridized carbons (Fsp3) is 0.357. The third kappa shape index (κ3) is 2.94. The van der Waals surface area contributed by atoms with E-state index in [4.69, 9.17) is 21.1 Å². The first-order chi connectivity index (χ1) is 10.1. The molecule has 0 aliphatic carbocycles. The van der Waals surface area contributed by atoms with E-state index >= 15 is 0 Å². The van der Waals surface area contributed by atoms with Crippen molar-refractivity contribution in [3.8, 4) is 11.5 Å². The molecule has 112 valence electrons. The highest BCUT2D eigenvalue weighted by molar-refractivity contribution is 9.13. The number of ether oxygens (including phenoxy) is 2. The molecule has 2 heterocycles. The maximum absolute atomic E-state index is 6.35. The quantitative estimate of drug-likeness (QED) is 0.691. The molecule has 0 radical (unpaired) electrons. The number of hydrogen-bond donors (Lipinski definition) is 0. The third-order valence-corrected chi connectivity index (χ3v) is 5.53. The molecule has 0 atom stereocenters. The lowest BCUT2D eigenvalue weighted by Crippen LogP contribution is -2.06. The van der Waals surface area contributed by atoms with Crippen LogP contribution in [0.15, 0.2) is 21.3 Å². The first kappa shape index (κ1) is 15.2. The minimum Gasteiger partial charge on any atom is -0.454 e. The number of imidazole rings is 1. The minimum absolute atomic E-state index is 0.247. The van der Waals surface area contributed by atoms with Gasteiger partial charge in [-0.15, -0.1) is 0 Å². The Balaban J connectivity index is 1.97. The van der Waals surface area contributed by atoms with E-state index in [-0.39, 0.29) is 6.79 Å².